The lowest BCUT2D eigenvalue weighted by Gasteiger charge is -2.29. The van der Waals surface area contributed by atoms with Crippen LogP contribution in [0, 0.1) is 19.7 Å². The molecule has 0 radical (unpaired) electrons. The summed E-state index contributed by atoms with van der Waals surface area (Å²) in [6.07, 6.45) is 0.973. The van der Waals surface area contributed by atoms with Gasteiger partial charge in [0.15, 0.2) is 5.82 Å². The number of fused-ring (bicyclic) bond motifs is 1. The third kappa shape index (κ3) is 2.90. The quantitative estimate of drug-likeness (QED) is 0.675. The summed E-state index contributed by atoms with van der Waals surface area (Å²) in [7, 11) is 0. The number of aromatic nitrogens is 3. The zero-order chi connectivity index (χ0) is 18.4. The summed E-state index contributed by atoms with van der Waals surface area (Å²) in [5.41, 5.74) is 3.87. The maximum Gasteiger partial charge on any atom is 0.150 e. The van der Waals surface area contributed by atoms with Crippen molar-refractivity contribution in [1.82, 2.24) is 15.2 Å². The zero-order valence-corrected chi connectivity index (χ0v) is 16.2. The molecule has 1 aromatic carbocycles. The number of rotatable bonds is 2. The number of aromatic amines is 1. The Morgan fingerprint density at radius 2 is 1.92 bits per heavy atom. The third-order valence-electron chi connectivity index (χ3n) is 4.83. The molecule has 7 heteroatoms. The lowest BCUT2D eigenvalue weighted by atomic mass is 9.99. The van der Waals surface area contributed by atoms with Crippen LogP contribution < -0.4 is 4.90 Å². The number of ketones is 1. The van der Waals surface area contributed by atoms with Crippen LogP contribution in [0.5, 0.6) is 0 Å². The van der Waals surface area contributed by atoms with E-state index in [2.05, 4.69) is 36.0 Å². The van der Waals surface area contributed by atoms with Gasteiger partial charge >= 0.3 is 0 Å². The van der Waals surface area contributed by atoms with E-state index in [0.717, 1.165) is 27.9 Å². The molecule has 0 atom stereocenters. The molecule has 26 heavy (non-hydrogen) atoms. The molecule has 134 valence electrons. The number of aryl methyl sites for hydroxylation is 2. The second-order valence-electron chi connectivity index (χ2n) is 6.68. The standard InChI is InChI=1S/C19H18BrFN4O/c1-10-7-16(24-23-10)17-11(2)14-8-12(20)9-15(21)18(14)22-19(17)25-5-3-13(26)4-6-25/h7-9H,3-6H2,1-2H3,(H,23,24). The molecule has 2 aromatic heterocycles. The molecule has 0 bridgehead atoms. The molecule has 0 aliphatic carbocycles. The molecule has 1 fully saturated rings. The van der Waals surface area contributed by atoms with Crippen LogP contribution in [0.2, 0.25) is 0 Å². The first kappa shape index (κ1) is 17.1. The number of anilines is 1. The van der Waals surface area contributed by atoms with Crippen LogP contribution in [0.1, 0.15) is 24.1 Å². The summed E-state index contributed by atoms with van der Waals surface area (Å²) in [4.78, 5) is 18.4. The van der Waals surface area contributed by atoms with E-state index < -0.39 is 0 Å². The lowest BCUT2D eigenvalue weighted by Crippen LogP contribution is -2.34. The van der Waals surface area contributed by atoms with Crippen LogP contribution in [-0.4, -0.2) is 34.1 Å². The zero-order valence-electron chi connectivity index (χ0n) is 14.6. The van der Waals surface area contributed by atoms with Crippen molar-refractivity contribution in [2.45, 2.75) is 26.7 Å². The summed E-state index contributed by atoms with van der Waals surface area (Å²) < 4.78 is 15.3. The molecule has 0 saturated carbocycles. The fourth-order valence-corrected chi connectivity index (χ4v) is 3.91. The molecule has 0 amide bonds. The number of H-pyrrole nitrogens is 1. The van der Waals surface area contributed by atoms with Crippen LogP contribution in [0.15, 0.2) is 22.7 Å². The number of carbonyl (C=O) groups excluding carboxylic acids is 1. The highest BCUT2D eigenvalue weighted by atomic mass is 79.9. The second kappa shape index (κ2) is 6.46. The van der Waals surface area contributed by atoms with Gasteiger partial charge < -0.3 is 4.90 Å². The Bertz CT molecular complexity index is 1020. The monoisotopic (exact) mass is 416 g/mol. The summed E-state index contributed by atoms with van der Waals surface area (Å²) >= 11 is 3.37. The predicted molar refractivity (Wildman–Crippen MR) is 103 cm³/mol. The van der Waals surface area contributed by atoms with Crippen molar-refractivity contribution < 1.29 is 9.18 Å². The maximum absolute atomic E-state index is 14.6. The van der Waals surface area contributed by atoms with E-state index in [1.165, 1.54) is 6.07 Å². The van der Waals surface area contributed by atoms with Crippen molar-refractivity contribution in [2.75, 3.05) is 18.0 Å². The van der Waals surface area contributed by atoms with Gasteiger partial charge in [-0.25, -0.2) is 9.37 Å². The van der Waals surface area contributed by atoms with Gasteiger partial charge in [-0.3, -0.25) is 9.89 Å². The number of carbonyl (C=O) groups is 1. The predicted octanol–water partition coefficient (Wildman–Crippen LogP) is 4.31. The minimum absolute atomic E-state index is 0.256. The number of piperidine rings is 1. The van der Waals surface area contributed by atoms with Crippen LogP contribution in [-0.2, 0) is 4.79 Å². The van der Waals surface area contributed by atoms with Gasteiger partial charge in [0.2, 0.25) is 0 Å². The fraction of sp³-hybridized carbons (Fsp3) is 0.316. The van der Waals surface area contributed by atoms with Crippen molar-refractivity contribution in [3.05, 3.63) is 39.7 Å². The molecule has 1 aliphatic rings. The smallest absolute Gasteiger partial charge is 0.150 e. The number of Topliss-reactive ketones (excluding diaryl/α,β-unsaturated/α-hetero) is 1. The number of nitrogens with zero attached hydrogens (tertiary/aromatic N) is 3. The summed E-state index contributed by atoms with van der Waals surface area (Å²) in [5.74, 6) is 0.581. The van der Waals surface area contributed by atoms with Gasteiger partial charge in [0, 0.05) is 47.0 Å². The highest BCUT2D eigenvalue weighted by Gasteiger charge is 2.25. The molecule has 0 unspecified atom stereocenters. The molecule has 1 aliphatic heterocycles. The lowest BCUT2D eigenvalue weighted by molar-refractivity contribution is -0.119. The normalized spacial score (nSPS) is 15.1. The maximum atomic E-state index is 14.6. The Balaban J connectivity index is 1.99. The topological polar surface area (TPSA) is 61.9 Å². The molecule has 3 heterocycles. The third-order valence-corrected chi connectivity index (χ3v) is 5.29. The Labute approximate surface area is 158 Å². The van der Waals surface area contributed by atoms with Gasteiger partial charge in [-0.2, -0.15) is 5.10 Å². The number of pyridine rings is 1. The van der Waals surface area contributed by atoms with E-state index in [9.17, 15) is 9.18 Å². The fourth-order valence-electron chi connectivity index (χ4n) is 3.48. The molecule has 3 aromatic rings. The number of nitrogens with one attached hydrogen (secondary N) is 1. The molecule has 5 nitrogen and oxygen atoms in total. The molecule has 0 spiro atoms. The number of hydrogen-bond donors (Lipinski definition) is 1. The van der Waals surface area contributed by atoms with E-state index in [-0.39, 0.29) is 11.6 Å². The van der Waals surface area contributed by atoms with Gasteiger partial charge in [-0.1, -0.05) is 15.9 Å². The van der Waals surface area contributed by atoms with E-state index in [1.807, 2.05) is 26.0 Å². The highest BCUT2D eigenvalue weighted by Crippen LogP contribution is 2.38. The van der Waals surface area contributed by atoms with Crippen LogP contribution in [0.4, 0.5) is 10.2 Å². The minimum Gasteiger partial charge on any atom is -0.355 e. The largest absolute Gasteiger partial charge is 0.355 e. The number of benzene rings is 1. The average molecular weight is 417 g/mol. The van der Waals surface area contributed by atoms with Crippen molar-refractivity contribution in [2.24, 2.45) is 0 Å². The number of hydrogen-bond acceptors (Lipinski definition) is 4. The Morgan fingerprint density at radius 3 is 2.58 bits per heavy atom. The van der Waals surface area contributed by atoms with Crippen molar-refractivity contribution in [3.63, 3.8) is 0 Å². The molecule has 4 rings (SSSR count). The van der Waals surface area contributed by atoms with Crippen molar-refractivity contribution in [1.29, 1.82) is 0 Å². The first-order valence-corrected chi connectivity index (χ1v) is 9.31. The summed E-state index contributed by atoms with van der Waals surface area (Å²) in [5, 5.41) is 8.13. The summed E-state index contributed by atoms with van der Waals surface area (Å²) in [6.45, 7) is 5.08. The molecular weight excluding hydrogens is 399 g/mol. The molecule has 1 saturated heterocycles. The van der Waals surface area contributed by atoms with Gasteiger partial charge in [-0.15, -0.1) is 0 Å². The first-order valence-electron chi connectivity index (χ1n) is 8.52. The number of halogens is 2. The Kier molecular flexibility index (Phi) is 4.26. The van der Waals surface area contributed by atoms with Gasteiger partial charge in [0.25, 0.3) is 0 Å². The van der Waals surface area contributed by atoms with Gasteiger partial charge in [0.05, 0.1) is 5.69 Å². The SMILES string of the molecule is Cc1cc(-c2c(N3CCC(=O)CC3)nc3c(F)cc(Br)cc3c2C)n[nH]1. The Morgan fingerprint density at radius 1 is 1.19 bits per heavy atom. The molecular formula is C19H18BrFN4O. The second-order valence-corrected chi connectivity index (χ2v) is 7.60. The Hall–Kier alpha value is -2.28. The van der Waals surface area contributed by atoms with Crippen molar-refractivity contribution in [3.8, 4) is 11.3 Å². The average Bonchev–Trinajstić information content (AvgIpc) is 3.02. The van der Waals surface area contributed by atoms with Gasteiger partial charge in [0.1, 0.15) is 17.1 Å². The van der Waals surface area contributed by atoms with Crippen LogP contribution in [0.25, 0.3) is 22.2 Å². The highest BCUT2D eigenvalue weighted by molar-refractivity contribution is 9.10. The van der Waals surface area contributed by atoms with Crippen molar-refractivity contribution >= 4 is 38.4 Å². The van der Waals surface area contributed by atoms with E-state index in [4.69, 9.17) is 0 Å². The minimum atomic E-state index is -0.364. The molecule has 1 N–H and O–H groups in total. The summed E-state index contributed by atoms with van der Waals surface area (Å²) in [6, 6.07) is 5.27. The van der Waals surface area contributed by atoms with E-state index in [1.54, 1.807) is 0 Å². The van der Waals surface area contributed by atoms with E-state index >= 15 is 0 Å². The van der Waals surface area contributed by atoms with E-state index in [0.29, 0.717) is 41.7 Å². The van der Waals surface area contributed by atoms with Crippen LogP contribution >= 0.6 is 15.9 Å². The van der Waals surface area contributed by atoms with Crippen LogP contribution in [0.3, 0.4) is 0 Å². The first-order chi connectivity index (χ1) is 12.4. The van der Waals surface area contributed by atoms with Gasteiger partial charge in [-0.05, 0) is 37.6 Å².